The molecule has 0 saturated carbocycles. The van der Waals surface area contributed by atoms with Crippen molar-refractivity contribution in [1.82, 2.24) is 4.90 Å². The molecule has 1 atom stereocenters. The summed E-state index contributed by atoms with van der Waals surface area (Å²) in [6.45, 7) is 3.12. The Labute approximate surface area is 203 Å². The topological polar surface area (TPSA) is 127 Å². The highest BCUT2D eigenvalue weighted by atomic mass is 16.7. The Bertz CT molecular complexity index is 1040. The second kappa shape index (κ2) is 12.9. The maximum atomic E-state index is 9.55. The molecule has 10 nitrogen and oxygen atoms in total. The number of benzene rings is 2. The smallest absolute Gasteiger partial charge is 0.328 e. The lowest BCUT2D eigenvalue weighted by molar-refractivity contribution is -0.134. The zero-order valence-corrected chi connectivity index (χ0v) is 19.3. The van der Waals surface area contributed by atoms with Gasteiger partial charge < -0.3 is 34.1 Å². The van der Waals surface area contributed by atoms with Gasteiger partial charge in [0, 0.05) is 44.1 Å². The number of aliphatic carboxylic acids is 2. The van der Waals surface area contributed by atoms with Crippen molar-refractivity contribution in [3.63, 3.8) is 0 Å². The van der Waals surface area contributed by atoms with Gasteiger partial charge in [0.25, 0.3) is 0 Å². The van der Waals surface area contributed by atoms with Crippen molar-refractivity contribution < 1.29 is 38.7 Å². The monoisotopic (exact) mass is 484 g/mol. The summed E-state index contributed by atoms with van der Waals surface area (Å²) in [4.78, 5) is 26.0. The van der Waals surface area contributed by atoms with E-state index in [-0.39, 0.29) is 6.79 Å². The molecule has 2 aromatic rings. The maximum Gasteiger partial charge on any atom is 0.328 e. The molecule has 0 spiro atoms. The van der Waals surface area contributed by atoms with Crippen LogP contribution in [-0.2, 0) is 9.59 Å². The zero-order valence-electron chi connectivity index (χ0n) is 19.3. The lowest BCUT2D eigenvalue weighted by atomic mass is 10.1. The fourth-order valence-corrected chi connectivity index (χ4v) is 3.45. The normalized spacial score (nSPS) is 17.2. The molecule has 0 bridgehead atoms. The van der Waals surface area contributed by atoms with Crippen molar-refractivity contribution in [2.45, 2.75) is 6.42 Å². The molecule has 2 N–H and O–H groups in total. The summed E-state index contributed by atoms with van der Waals surface area (Å²) < 4.78 is 22.4. The summed E-state index contributed by atoms with van der Waals surface area (Å²) in [7, 11) is 2.08. The standard InChI is InChI=1S/C21H24N2O4.C4H4O4/c1-23-13-16(14-25-18-7-8-19-20(12-18)27-15-26-19)11-21(23)22-9-10-24-17-5-3-2-4-6-17;5-3(6)1-2-4(7)8/h2-8,12,16H,9-11,13-15H2,1H3;1-2H,(H,5,6)(H,7,8)/b;2-1+. The third-order valence-corrected chi connectivity index (χ3v) is 5.04. The number of nitrogens with zero attached hydrogens (tertiary/aromatic N) is 2. The molecule has 2 aliphatic heterocycles. The summed E-state index contributed by atoms with van der Waals surface area (Å²) in [5, 5.41) is 15.6. The van der Waals surface area contributed by atoms with E-state index >= 15 is 0 Å². The van der Waals surface area contributed by atoms with Crippen molar-refractivity contribution in [1.29, 1.82) is 0 Å². The number of fused-ring (bicyclic) bond motifs is 1. The van der Waals surface area contributed by atoms with Crippen LogP contribution in [0.15, 0.2) is 65.7 Å². The van der Waals surface area contributed by atoms with E-state index in [0.717, 1.165) is 41.8 Å². The van der Waals surface area contributed by atoms with Crippen LogP contribution in [-0.4, -0.2) is 73.0 Å². The second-order valence-corrected chi connectivity index (χ2v) is 7.75. The Kier molecular flexibility index (Phi) is 9.35. The number of hydrogen-bond acceptors (Lipinski definition) is 7. The van der Waals surface area contributed by atoms with E-state index in [1.54, 1.807) is 0 Å². The lowest BCUT2D eigenvalue weighted by Gasteiger charge is -2.13. The fraction of sp³-hybridized carbons (Fsp3) is 0.320. The van der Waals surface area contributed by atoms with Crippen LogP contribution in [0.2, 0.25) is 0 Å². The molecule has 35 heavy (non-hydrogen) atoms. The highest BCUT2D eigenvalue weighted by molar-refractivity contribution is 5.89. The summed E-state index contributed by atoms with van der Waals surface area (Å²) in [6, 6.07) is 15.5. The van der Waals surface area contributed by atoms with Gasteiger partial charge in [0.05, 0.1) is 19.0 Å². The van der Waals surface area contributed by atoms with Gasteiger partial charge >= 0.3 is 11.9 Å². The number of aliphatic imine (C=N–C) groups is 1. The molecule has 1 unspecified atom stereocenters. The lowest BCUT2D eigenvalue weighted by Crippen LogP contribution is -2.21. The molecule has 2 heterocycles. The Morgan fingerprint density at radius 1 is 1.03 bits per heavy atom. The Balaban J connectivity index is 0.000000371. The van der Waals surface area contributed by atoms with E-state index < -0.39 is 11.9 Å². The van der Waals surface area contributed by atoms with E-state index in [1.165, 1.54) is 0 Å². The molecular formula is C25H28N2O8. The number of carboxylic acids is 2. The van der Waals surface area contributed by atoms with Crippen molar-refractivity contribution in [2.24, 2.45) is 10.9 Å². The first kappa shape index (κ1) is 25.4. The van der Waals surface area contributed by atoms with Crippen molar-refractivity contribution in [3.8, 4) is 23.0 Å². The molecule has 10 heteroatoms. The van der Waals surface area contributed by atoms with Crippen LogP contribution in [0.1, 0.15) is 6.42 Å². The summed E-state index contributed by atoms with van der Waals surface area (Å²) >= 11 is 0. The van der Waals surface area contributed by atoms with Crippen molar-refractivity contribution >= 4 is 17.8 Å². The van der Waals surface area contributed by atoms with Gasteiger partial charge in [-0.1, -0.05) is 18.2 Å². The average molecular weight is 485 g/mol. The molecule has 0 radical (unpaired) electrons. The van der Waals surface area contributed by atoms with E-state index in [1.807, 2.05) is 48.5 Å². The predicted octanol–water partition coefficient (Wildman–Crippen LogP) is 2.94. The summed E-state index contributed by atoms with van der Waals surface area (Å²) in [6.07, 6.45) is 2.04. The highest BCUT2D eigenvalue weighted by Crippen LogP contribution is 2.35. The largest absolute Gasteiger partial charge is 0.493 e. The average Bonchev–Trinajstić information content (AvgIpc) is 3.46. The SMILES string of the molecule is CN1CC(COc2ccc3c(c2)OCO3)CC1=NCCOc1ccccc1.O=C(O)/C=C/C(=O)O. The summed E-state index contributed by atoms with van der Waals surface area (Å²) in [5.74, 6) is 2.24. The number of likely N-dealkylation sites (tertiary alicyclic amines) is 1. The van der Waals surface area contributed by atoms with Crippen LogP contribution < -0.4 is 18.9 Å². The molecule has 0 aliphatic carbocycles. The number of ether oxygens (including phenoxy) is 4. The summed E-state index contributed by atoms with van der Waals surface area (Å²) in [5.41, 5.74) is 0. The van der Waals surface area contributed by atoms with Gasteiger partial charge in [-0.2, -0.15) is 0 Å². The first-order valence-corrected chi connectivity index (χ1v) is 11.0. The molecule has 0 amide bonds. The van der Waals surface area contributed by atoms with Gasteiger partial charge in [0.1, 0.15) is 18.1 Å². The number of para-hydroxylation sites is 1. The van der Waals surface area contributed by atoms with E-state index in [9.17, 15) is 9.59 Å². The third-order valence-electron chi connectivity index (χ3n) is 5.04. The molecule has 0 aromatic heterocycles. The van der Waals surface area contributed by atoms with Crippen molar-refractivity contribution in [2.75, 3.05) is 40.1 Å². The minimum atomic E-state index is -1.26. The van der Waals surface area contributed by atoms with Gasteiger partial charge in [-0.3, -0.25) is 4.99 Å². The van der Waals surface area contributed by atoms with Crippen LogP contribution in [0, 0.1) is 5.92 Å². The predicted molar refractivity (Wildman–Crippen MR) is 127 cm³/mol. The van der Waals surface area contributed by atoms with Crippen molar-refractivity contribution in [3.05, 3.63) is 60.7 Å². The molecular weight excluding hydrogens is 456 g/mol. The second-order valence-electron chi connectivity index (χ2n) is 7.75. The van der Waals surface area contributed by atoms with E-state index in [4.69, 9.17) is 34.2 Å². The number of carbonyl (C=O) groups is 2. The quantitative estimate of drug-likeness (QED) is 0.408. The third kappa shape index (κ3) is 8.58. The van der Waals surface area contributed by atoms with Gasteiger partial charge in [-0.05, 0) is 24.3 Å². The minimum absolute atomic E-state index is 0.278. The number of hydrogen-bond donors (Lipinski definition) is 2. The van der Waals surface area contributed by atoms with Crippen LogP contribution in [0.4, 0.5) is 0 Å². The molecule has 186 valence electrons. The Hall–Kier alpha value is -4.21. The van der Waals surface area contributed by atoms with Crippen LogP contribution >= 0.6 is 0 Å². The minimum Gasteiger partial charge on any atom is -0.493 e. The first-order chi connectivity index (χ1) is 16.9. The van der Waals surface area contributed by atoms with Crippen LogP contribution in [0.5, 0.6) is 23.0 Å². The highest BCUT2D eigenvalue weighted by Gasteiger charge is 2.26. The Morgan fingerprint density at radius 3 is 2.46 bits per heavy atom. The number of rotatable bonds is 9. The number of carboxylic acid groups (broad SMARTS) is 2. The van der Waals surface area contributed by atoms with Gasteiger partial charge in [-0.15, -0.1) is 0 Å². The van der Waals surface area contributed by atoms with E-state index in [2.05, 4.69) is 11.9 Å². The number of amidine groups is 1. The molecule has 4 rings (SSSR count). The van der Waals surface area contributed by atoms with Gasteiger partial charge in [-0.25, -0.2) is 9.59 Å². The zero-order chi connectivity index (χ0) is 25.0. The van der Waals surface area contributed by atoms with Crippen LogP contribution in [0.25, 0.3) is 0 Å². The Morgan fingerprint density at radius 2 is 1.74 bits per heavy atom. The molecule has 2 aliphatic rings. The molecule has 1 saturated heterocycles. The fourth-order valence-electron chi connectivity index (χ4n) is 3.45. The van der Waals surface area contributed by atoms with Gasteiger partial charge in [0.15, 0.2) is 11.5 Å². The van der Waals surface area contributed by atoms with Crippen LogP contribution in [0.3, 0.4) is 0 Å². The van der Waals surface area contributed by atoms with Gasteiger partial charge in [0.2, 0.25) is 6.79 Å². The first-order valence-electron chi connectivity index (χ1n) is 11.0. The molecule has 2 aromatic carbocycles. The van der Waals surface area contributed by atoms with E-state index in [0.29, 0.717) is 37.8 Å². The maximum absolute atomic E-state index is 9.55. The molecule has 1 fully saturated rings.